The maximum absolute atomic E-state index is 11.9. The Kier molecular flexibility index (Phi) is 3.47. The SMILES string of the molecule is CC1NCCC1C(=O)NCC1(O)CCOC1. The second kappa shape index (κ2) is 4.69. The molecule has 3 atom stereocenters. The van der Waals surface area contributed by atoms with Gasteiger partial charge in [-0.1, -0.05) is 0 Å². The van der Waals surface area contributed by atoms with Crippen LogP contribution in [0.5, 0.6) is 0 Å². The van der Waals surface area contributed by atoms with E-state index in [9.17, 15) is 9.90 Å². The first-order chi connectivity index (χ1) is 7.61. The largest absolute Gasteiger partial charge is 0.386 e. The number of hydrogen-bond donors (Lipinski definition) is 3. The van der Waals surface area contributed by atoms with Crippen LogP contribution in [-0.2, 0) is 9.53 Å². The number of carbonyl (C=O) groups excluding carboxylic acids is 1. The van der Waals surface area contributed by atoms with E-state index in [1.807, 2.05) is 6.92 Å². The fourth-order valence-corrected chi connectivity index (χ4v) is 2.34. The number of amides is 1. The minimum atomic E-state index is -0.856. The van der Waals surface area contributed by atoms with Gasteiger partial charge in [-0.2, -0.15) is 0 Å². The summed E-state index contributed by atoms with van der Waals surface area (Å²) in [5.74, 6) is 0.0729. The molecule has 2 rings (SSSR count). The number of nitrogens with one attached hydrogen (secondary N) is 2. The lowest BCUT2D eigenvalue weighted by Gasteiger charge is -2.22. The number of hydrogen-bond acceptors (Lipinski definition) is 4. The second-order valence-corrected chi connectivity index (χ2v) is 4.88. The van der Waals surface area contributed by atoms with Crippen LogP contribution in [0, 0.1) is 5.92 Å². The van der Waals surface area contributed by atoms with Crippen LogP contribution in [0.15, 0.2) is 0 Å². The van der Waals surface area contributed by atoms with Crippen molar-refractivity contribution in [2.45, 2.75) is 31.4 Å². The van der Waals surface area contributed by atoms with Crippen molar-refractivity contribution in [1.29, 1.82) is 0 Å². The molecule has 0 aliphatic carbocycles. The summed E-state index contributed by atoms with van der Waals surface area (Å²) in [6.07, 6.45) is 1.48. The number of carbonyl (C=O) groups is 1. The first-order valence-electron chi connectivity index (χ1n) is 5.92. The molecular weight excluding hydrogens is 208 g/mol. The van der Waals surface area contributed by atoms with E-state index < -0.39 is 5.60 Å². The molecule has 0 spiro atoms. The van der Waals surface area contributed by atoms with Gasteiger partial charge in [-0.3, -0.25) is 4.79 Å². The first-order valence-corrected chi connectivity index (χ1v) is 5.92. The standard InChI is InChI=1S/C11H20N2O3/c1-8-9(2-4-12-8)10(14)13-6-11(15)3-5-16-7-11/h8-9,12,15H,2-7H2,1H3,(H,13,14). The van der Waals surface area contributed by atoms with Gasteiger partial charge in [-0.05, 0) is 19.9 Å². The lowest BCUT2D eigenvalue weighted by atomic mass is 9.99. The van der Waals surface area contributed by atoms with Gasteiger partial charge in [0.2, 0.25) is 5.91 Å². The van der Waals surface area contributed by atoms with Crippen LogP contribution in [0.25, 0.3) is 0 Å². The molecule has 2 fully saturated rings. The third-order valence-corrected chi connectivity index (χ3v) is 3.54. The zero-order chi connectivity index (χ0) is 11.6. The summed E-state index contributed by atoms with van der Waals surface area (Å²) in [5.41, 5.74) is -0.856. The third kappa shape index (κ3) is 2.53. The molecule has 16 heavy (non-hydrogen) atoms. The molecule has 2 saturated heterocycles. The molecule has 0 aromatic carbocycles. The second-order valence-electron chi connectivity index (χ2n) is 4.88. The highest BCUT2D eigenvalue weighted by Gasteiger charge is 2.35. The average Bonchev–Trinajstić information content (AvgIpc) is 2.85. The minimum absolute atomic E-state index is 0.0333. The molecule has 3 N–H and O–H groups in total. The van der Waals surface area contributed by atoms with Gasteiger partial charge >= 0.3 is 0 Å². The first kappa shape index (κ1) is 11.8. The van der Waals surface area contributed by atoms with Crippen molar-refractivity contribution in [1.82, 2.24) is 10.6 Å². The van der Waals surface area contributed by atoms with E-state index >= 15 is 0 Å². The van der Waals surface area contributed by atoms with E-state index in [4.69, 9.17) is 4.74 Å². The van der Waals surface area contributed by atoms with E-state index in [0.29, 0.717) is 26.2 Å². The van der Waals surface area contributed by atoms with Gasteiger partial charge in [-0.15, -0.1) is 0 Å². The Morgan fingerprint density at radius 2 is 2.50 bits per heavy atom. The maximum Gasteiger partial charge on any atom is 0.224 e. The maximum atomic E-state index is 11.9. The molecule has 3 unspecified atom stereocenters. The van der Waals surface area contributed by atoms with Gasteiger partial charge in [0.1, 0.15) is 5.60 Å². The molecule has 0 bridgehead atoms. The molecule has 2 heterocycles. The zero-order valence-corrected chi connectivity index (χ0v) is 9.66. The fraction of sp³-hybridized carbons (Fsp3) is 0.909. The van der Waals surface area contributed by atoms with E-state index in [-0.39, 0.29) is 17.9 Å². The molecular formula is C11H20N2O3. The Labute approximate surface area is 95.5 Å². The molecule has 0 radical (unpaired) electrons. The van der Waals surface area contributed by atoms with Crippen molar-refractivity contribution in [3.63, 3.8) is 0 Å². The van der Waals surface area contributed by atoms with E-state index in [1.165, 1.54) is 0 Å². The van der Waals surface area contributed by atoms with Gasteiger partial charge in [0.15, 0.2) is 0 Å². The van der Waals surface area contributed by atoms with Crippen molar-refractivity contribution >= 4 is 5.91 Å². The monoisotopic (exact) mass is 228 g/mol. The molecule has 0 aromatic heterocycles. The van der Waals surface area contributed by atoms with Crippen molar-refractivity contribution in [3.05, 3.63) is 0 Å². The van der Waals surface area contributed by atoms with Crippen molar-refractivity contribution < 1.29 is 14.6 Å². The van der Waals surface area contributed by atoms with Gasteiger partial charge in [0.25, 0.3) is 0 Å². The summed E-state index contributed by atoms with van der Waals surface area (Å²) in [7, 11) is 0. The average molecular weight is 228 g/mol. The van der Waals surface area contributed by atoms with E-state index in [1.54, 1.807) is 0 Å². The van der Waals surface area contributed by atoms with Crippen LogP contribution in [0.1, 0.15) is 19.8 Å². The zero-order valence-electron chi connectivity index (χ0n) is 9.66. The quantitative estimate of drug-likeness (QED) is 0.594. The Hall–Kier alpha value is -0.650. The number of rotatable bonds is 3. The predicted molar refractivity (Wildman–Crippen MR) is 59.0 cm³/mol. The summed E-state index contributed by atoms with van der Waals surface area (Å²) in [6.45, 7) is 4.12. The fourth-order valence-electron chi connectivity index (χ4n) is 2.34. The van der Waals surface area contributed by atoms with Gasteiger partial charge in [-0.25, -0.2) is 0 Å². The Bertz CT molecular complexity index is 264. The normalized spacial score (nSPS) is 38.9. The van der Waals surface area contributed by atoms with Crippen molar-refractivity contribution in [3.8, 4) is 0 Å². The molecule has 5 heteroatoms. The topological polar surface area (TPSA) is 70.6 Å². The third-order valence-electron chi connectivity index (χ3n) is 3.54. The Balaban J connectivity index is 1.79. The molecule has 0 saturated carbocycles. The van der Waals surface area contributed by atoms with Crippen LogP contribution in [-0.4, -0.2) is 49.0 Å². The number of ether oxygens (including phenoxy) is 1. The lowest BCUT2D eigenvalue weighted by Crippen LogP contribution is -2.46. The van der Waals surface area contributed by atoms with Crippen molar-refractivity contribution in [2.24, 2.45) is 5.92 Å². The van der Waals surface area contributed by atoms with Crippen LogP contribution >= 0.6 is 0 Å². The number of aliphatic hydroxyl groups is 1. The smallest absolute Gasteiger partial charge is 0.224 e. The highest BCUT2D eigenvalue weighted by atomic mass is 16.5. The lowest BCUT2D eigenvalue weighted by molar-refractivity contribution is -0.126. The van der Waals surface area contributed by atoms with Gasteiger partial charge in [0.05, 0.1) is 12.5 Å². The summed E-state index contributed by atoms with van der Waals surface area (Å²) in [6, 6.07) is 0.231. The van der Waals surface area contributed by atoms with Crippen LogP contribution in [0.3, 0.4) is 0 Å². The minimum Gasteiger partial charge on any atom is -0.386 e. The summed E-state index contributed by atoms with van der Waals surface area (Å²) >= 11 is 0. The molecule has 5 nitrogen and oxygen atoms in total. The highest BCUT2D eigenvalue weighted by Crippen LogP contribution is 2.19. The molecule has 2 aliphatic rings. The molecule has 1 amide bonds. The van der Waals surface area contributed by atoms with Crippen LogP contribution in [0.4, 0.5) is 0 Å². The summed E-state index contributed by atoms with van der Waals surface area (Å²) in [4.78, 5) is 11.9. The summed E-state index contributed by atoms with van der Waals surface area (Å²) in [5, 5.41) is 16.1. The Morgan fingerprint density at radius 1 is 1.69 bits per heavy atom. The molecule has 2 aliphatic heterocycles. The Morgan fingerprint density at radius 3 is 3.06 bits per heavy atom. The molecule has 92 valence electrons. The van der Waals surface area contributed by atoms with Gasteiger partial charge in [0, 0.05) is 25.6 Å². The van der Waals surface area contributed by atoms with E-state index in [0.717, 1.165) is 13.0 Å². The predicted octanol–water partition coefficient (Wildman–Crippen LogP) is -0.748. The van der Waals surface area contributed by atoms with E-state index in [2.05, 4.69) is 10.6 Å². The van der Waals surface area contributed by atoms with Gasteiger partial charge < -0.3 is 20.5 Å². The molecule has 0 aromatic rings. The highest BCUT2D eigenvalue weighted by molar-refractivity contribution is 5.79. The summed E-state index contributed by atoms with van der Waals surface area (Å²) < 4.78 is 5.13. The van der Waals surface area contributed by atoms with Crippen molar-refractivity contribution in [2.75, 3.05) is 26.3 Å². The van der Waals surface area contributed by atoms with Crippen LogP contribution < -0.4 is 10.6 Å². The van der Waals surface area contributed by atoms with Crippen LogP contribution in [0.2, 0.25) is 0 Å².